The second-order valence-corrected chi connectivity index (χ2v) is 3.11. The highest BCUT2D eigenvalue weighted by Gasteiger charge is 2.15. The molecule has 1 rings (SSSR count). The van der Waals surface area contributed by atoms with Crippen LogP contribution < -0.4 is 0 Å². The van der Waals surface area contributed by atoms with Crippen molar-refractivity contribution in [3.63, 3.8) is 0 Å². The Morgan fingerprint density at radius 1 is 1.64 bits per heavy atom. The number of hydrogen-bond donors (Lipinski definition) is 0. The fraction of sp³-hybridized carbons (Fsp3) is 0.333. The molecule has 0 saturated heterocycles. The third-order valence-corrected chi connectivity index (χ3v) is 2.17. The van der Waals surface area contributed by atoms with Gasteiger partial charge in [0, 0.05) is 5.56 Å². The number of rotatable bonds is 2. The van der Waals surface area contributed by atoms with Gasteiger partial charge in [0.25, 0.3) is 6.43 Å². The Labute approximate surface area is 85.1 Å². The normalized spacial score (nSPS) is 10.3. The largest absolute Gasteiger partial charge is 0.264 e. The van der Waals surface area contributed by atoms with Gasteiger partial charge in [-0.2, -0.15) is 5.26 Å². The van der Waals surface area contributed by atoms with E-state index in [9.17, 15) is 8.78 Å². The lowest BCUT2D eigenvalue weighted by molar-refractivity contribution is 0.150. The summed E-state index contributed by atoms with van der Waals surface area (Å²) in [5.41, 5.74) is 0.386. The van der Waals surface area contributed by atoms with E-state index < -0.39 is 6.43 Å². The smallest absolute Gasteiger partial charge is 0.240 e. The van der Waals surface area contributed by atoms with E-state index in [4.69, 9.17) is 16.9 Å². The lowest BCUT2D eigenvalue weighted by Gasteiger charge is -2.07. The molecule has 74 valence electrons. The van der Waals surface area contributed by atoms with E-state index >= 15 is 0 Å². The molecule has 0 bridgehead atoms. The molecule has 0 atom stereocenters. The molecule has 5 heteroatoms. The highest BCUT2D eigenvalue weighted by Crippen LogP contribution is 2.27. The van der Waals surface area contributed by atoms with Crippen molar-refractivity contribution in [3.8, 4) is 6.07 Å². The minimum Gasteiger partial charge on any atom is -0.240 e. The summed E-state index contributed by atoms with van der Waals surface area (Å²) in [6, 6.07) is 3.05. The number of alkyl halides is 2. The highest BCUT2D eigenvalue weighted by molar-refractivity contribution is 6.30. The SMILES string of the molecule is Cc1c(C(F)F)cc(CC#N)nc1Cl. The maximum atomic E-state index is 12.5. The second kappa shape index (κ2) is 4.34. The van der Waals surface area contributed by atoms with Crippen LogP contribution in [0.15, 0.2) is 6.07 Å². The number of hydrogen-bond acceptors (Lipinski definition) is 2. The second-order valence-electron chi connectivity index (χ2n) is 2.75. The lowest BCUT2D eigenvalue weighted by atomic mass is 10.1. The summed E-state index contributed by atoms with van der Waals surface area (Å²) < 4.78 is 24.9. The number of nitrogens with zero attached hydrogens (tertiary/aromatic N) is 2. The van der Waals surface area contributed by atoms with Crippen molar-refractivity contribution in [1.29, 1.82) is 5.26 Å². The van der Waals surface area contributed by atoms with E-state index in [1.54, 1.807) is 0 Å². The Bertz CT molecular complexity index is 385. The first-order valence-electron chi connectivity index (χ1n) is 3.87. The van der Waals surface area contributed by atoms with Crippen LogP contribution in [0.5, 0.6) is 0 Å². The predicted octanol–water partition coefficient (Wildman–Crippen LogP) is 3.05. The van der Waals surface area contributed by atoms with Gasteiger partial charge in [-0.25, -0.2) is 13.8 Å². The summed E-state index contributed by atoms with van der Waals surface area (Å²) in [6.07, 6.45) is -2.60. The first-order valence-corrected chi connectivity index (χ1v) is 4.25. The van der Waals surface area contributed by atoms with E-state index in [-0.39, 0.29) is 28.4 Å². The maximum Gasteiger partial charge on any atom is 0.264 e. The van der Waals surface area contributed by atoms with Gasteiger partial charge in [0.15, 0.2) is 0 Å². The molecule has 0 amide bonds. The van der Waals surface area contributed by atoms with Crippen molar-refractivity contribution in [1.82, 2.24) is 4.98 Å². The van der Waals surface area contributed by atoms with Crippen molar-refractivity contribution >= 4 is 11.6 Å². The predicted molar refractivity (Wildman–Crippen MR) is 48.3 cm³/mol. The highest BCUT2D eigenvalue weighted by atomic mass is 35.5. The van der Waals surface area contributed by atoms with Crippen LogP contribution in [0.4, 0.5) is 8.78 Å². The molecule has 0 fully saturated rings. The average Bonchev–Trinajstić information content (AvgIpc) is 2.11. The number of pyridine rings is 1. The molecule has 14 heavy (non-hydrogen) atoms. The van der Waals surface area contributed by atoms with Crippen molar-refractivity contribution in [2.75, 3.05) is 0 Å². The first kappa shape index (κ1) is 10.9. The minimum absolute atomic E-state index is 0.0142. The van der Waals surface area contributed by atoms with Gasteiger partial charge in [0.05, 0.1) is 18.2 Å². The van der Waals surface area contributed by atoms with Crippen LogP contribution in [0.3, 0.4) is 0 Å². The molecule has 0 N–H and O–H groups in total. The Kier molecular flexibility index (Phi) is 3.37. The van der Waals surface area contributed by atoms with Crippen LogP contribution in [0.1, 0.15) is 23.2 Å². The van der Waals surface area contributed by atoms with E-state index in [0.717, 1.165) is 0 Å². The molecule has 1 heterocycles. The van der Waals surface area contributed by atoms with Crippen LogP contribution >= 0.6 is 11.6 Å². The number of nitriles is 1. The topological polar surface area (TPSA) is 36.7 Å². The van der Waals surface area contributed by atoms with Gasteiger partial charge >= 0.3 is 0 Å². The molecule has 1 aromatic rings. The summed E-state index contributed by atoms with van der Waals surface area (Å²) in [7, 11) is 0. The molecular formula is C9H7ClF2N2. The molecule has 0 aromatic carbocycles. The fourth-order valence-corrected chi connectivity index (χ4v) is 1.26. The monoisotopic (exact) mass is 216 g/mol. The van der Waals surface area contributed by atoms with Gasteiger partial charge in [-0.3, -0.25) is 0 Å². The van der Waals surface area contributed by atoms with Gasteiger partial charge in [0.1, 0.15) is 5.15 Å². The van der Waals surface area contributed by atoms with Gasteiger partial charge in [-0.05, 0) is 18.6 Å². The van der Waals surface area contributed by atoms with Gasteiger partial charge in [0.2, 0.25) is 0 Å². The summed E-state index contributed by atoms with van der Waals surface area (Å²) in [6.45, 7) is 1.48. The standard InChI is InChI=1S/C9H7ClF2N2/c1-5-7(9(11)12)4-6(2-3-13)14-8(5)10/h4,9H,2H2,1H3. The molecule has 0 saturated carbocycles. The third-order valence-electron chi connectivity index (χ3n) is 1.80. The van der Waals surface area contributed by atoms with Gasteiger partial charge < -0.3 is 0 Å². The molecule has 0 radical (unpaired) electrons. The quantitative estimate of drug-likeness (QED) is 0.713. The van der Waals surface area contributed by atoms with Crippen LogP contribution in [0, 0.1) is 18.3 Å². The third kappa shape index (κ3) is 2.18. The fourth-order valence-electron chi connectivity index (χ4n) is 1.05. The maximum absolute atomic E-state index is 12.5. The van der Waals surface area contributed by atoms with Crippen LogP contribution in [-0.4, -0.2) is 4.98 Å². The molecule has 0 aliphatic carbocycles. The van der Waals surface area contributed by atoms with E-state index in [2.05, 4.69) is 4.98 Å². The zero-order valence-electron chi connectivity index (χ0n) is 7.39. The minimum atomic E-state index is -2.59. The van der Waals surface area contributed by atoms with Crippen molar-refractivity contribution in [3.05, 3.63) is 28.0 Å². The van der Waals surface area contributed by atoms with E-state index in [1.165, 1.54) is 13.0 Å². The molecular weight excluding hydrogens is 210 g/mol. The zero-order chi connectivity index (χ0) is 10.7. The Morgan fingerprint density at radius 3 is 2.79 bits per heavy atom. The van der Waals surface area contributed by atoms with Crippen LogP contribution in [-0.2, 0) is 6.42 Å². The van der Waals surface area contributed by atoms with Crippen molar-refractivity contribution in [2.24, 2.45) is 0 Å². The van der Waals surface area contributed by atoms with Crippen LogP contribution in [0.2, 0.25) is 5.15 Å². The van der Waals surface area contributed by atoms with Crippen LogP contribution in [0.25, 0.3) is 0 Å². The van der Waals surface area contributed by atoms with Crippen molar-refractivity contribution in [2.45, 2.75) is 19.8 Å². The van der Waals surface area contributed by atoms with Crippen molar-refractivity contribution < 1.29 is 8.78 Å². The van der Waals surface area contributed by atoms with Gasteiger partial charge in [-0.1, -0.05) is 11.6 Å². The lowest BCUT2D eigenvalue weighted by Crippen LogP contribution is -1.98. The summed E-state index contributed by atoms with van der Waals surface area (Å²) in [5.74, 6) is 0. The molecule has 0 spiro atoms. The van der Waals surface area contributed by atoms with E-state index in [0.29, 0.717) is 0 Å². The molecule has 0 unspecified atom stereocenters. The van der Waals surface area contributed by atoms with E-state index in [1.807, 2.05) is 6.07 Å². The number of halogens is 3. The molecule has 0 aliphatic rings. The summed E-state index contributed by atoms with van der Waals surface area (Å²) >= 11 is 5.64. The average molecular weight is 217 g/mol. The van der Waals surface area contributed by atoms with Gasteiger partial charge in [-0.15, -0.1) is 0 Å². The molecule has 2 nitrogen and oxygen atoms in total. The molecule has 1 aromatic heterocycles. The number of aromatic nitrogens is 1. The Balaban J connectivity index is 3.22. The first-order chi connectivity index (χ1) is 6.56. The Hall–Kier alpha value is -1.21. The molecule has 0 aliphatic heterocycles. The Morgan fingerprint density at radius 2 is 2.29 bits per heavy atom. The summed E-state index contributed by atoms with van der Waals surface area (Å²) in [5, 5.41) is 8.42. The summed E-state index contributed by atoms with van der Waals surface area (Å²) in [4.78, 5) is 3.82. The zero-order valence-corrected chi connectivity index (χ0v) is 8.15.